The number of hydrogen-bond acceptors (Lipinski definition) is 8. The Labute approximate surface area is 223 Å². The second-order valence-corrected chi connectivity index (χ2v) is 9.38. The summed E-state index contributed by atoms with van der Waals surface area (Å²) < 4.78 is 27.4. The van der Waals surface area contributed by atoms with Crippen LogP contribution in [0.4, 0.5) is 0 Å². The van der Waals surface area contributed by atoms with Crippen LogP contribution < -0.4 is 24.3 Å². The lowest BCUT2D eigenvalue weighted by Crippen LogP contribution is -2.36. The smallest absolute Gasteiger partial charge is 0.336 e. The lowest BCUT2D eigenvalue weighted by atomic mass is 9.71. The van der Waals surface area contributed by atoms with Crippen LogP contribution in [-0.2, 0) is 14.3 Å². The van der Waals surface area contributed by atoms with E-state index in [9.17, 15) is 9.59 Å². The normalized spacial score (nSPS) is 18.9. The Morgan fingerprint density at radius 3 is 2.18 bits per heavy atom. The van der Waals surface area contributed by atoms with Gasteiger partial charge in [0.15, 0.2) is 28.8 Å². The fourth-order valence-corrected chi connectivity index (χ4v) is 5.29. The number of hydrogen-bond donors (Lipinski definition) is 1. The van der Waals surface area contributed by atoms with E-state index >= 15 is 0 Å². The summed E-state index contributed by atoms with van der Waals surface area (Å²) in [6, 6.07) is 11.3. The van der Waals surface area contributed by atoms with Crippen LogP contribution in [0.3, 0.4) is 0 Å². The van der Waals surface area contributed by atoms with Crippen LogP contribution in [0.15, 0.2) is 58.9 Å². The Morgan fingerprint density at radius 2 is 1.53 bits per heavy atom. The molecule has 0 amide bonds. The third-order valence-corrected chi connectivity index (χ3v) is 7.09. The number of nitrogens with one attached hydrogen (secondary N) is 1. The van der Waals surface area contributed by atoms with E-state index in [0.29, 0.717) is 59.3 Å². The predicted octanol–water partition coefficient (Wildman–Crippen LogP) is 5.04. The maximum absolute atomic E-state index is 13.8. The average Bonchev–Trinajstić information content (AvgIpc) is 2.94. The van der Waals surface area contributed by atoms with Gasteiger partial charge in [0.05, 0.1) is 40.6 Å². The van der Waals surface area contributed by atoms with Gasteiger partial charge < -0.3 is 29.0 Å². The van der Waals surface area contributed by atoms with Crippen LogP contribution in [0.25, 0.3) is 0 Å². The molecular formula is C30H35NO7. The van der Waals surface area contributed by atoms with Crippen LogP contribution in [0, 0.1) is 0 Å². The summed E-state index contributed by atoms with van der Waals surface area (Å²) in [5.41, 5.74) is 4.20. The Bertz CT molecular complexity index is 1290. The van der Waals surface area contributed by atoms with Crippen LogP contribution in [-0.4, -0.2) is 46.8 Å². The van der Waals surface area contributed by atoms with Crippen molar-refractivity contribution in [1.29, 1.82) is 0 Å². The molecule has 1 heterocycles. The molecule has 0 aromatic heterocycles. The summed E-state index contributed by atoms with van der Waals surface area (Å²) in [6.07, 6.45) is 1.77. The molecule has 1 aliphatic heterocycles. The van der Waals surface area contributed by atoms with E-state index in [1.807, 2.05) is 50.2 Å². The van der Waals surface area contributed by atoms with E-state index in [-0.39, 0.29) is 11.7 Å². The Morgan fingerprint density at radius 1 is 0.895 bits per heavy atom. The molecule has 38 heavy (non-hydrogen) atoms. The number of allylic oxidation sites excluding steroid dienone is 3. The van der Waals surface area contributed by atoms with Gasteiger partial charge in [0.1, 0.15) is 0 Å². The largest absolute Gasteiger partial charge is 0.493 e. The van der Waals surface area contributed by atoms with Gasteiger partial charge in [-0.1, -0.05) is 19.1 Å². The lowest BCUT2D eigenvalue weighted by Gasteiger charge is -2.36. The average molecular weight is 522 g/mol. The first-order valence-corrected chi connectivity index (χ1v) is 12.7. The predicted molar refractivity (Wildman–Crippen MR) is 143 cm³/mol. The van der Waals surface area contributed by atoms with Crippen LogP contribution in [0.2, 0.25) is 0 Å². The molecule has 0 fully saturated rings. The molecule has 0 saturated carbocycles. The molecule has 8 nitrogen and oxygen atoms in total. The van der Waals surface area contributed by atoms with Crippen molar-refractivity contribution in [3.63, 3.8) is 0 Å². The molecule has 0 saturated heterocycles. The van der Waals surface area contributed by atoms with Crippen LogP contribution in [0.5, 0.6) is 23.0 Å². The number of esters is 1. The maximum Gasteiger partial charge on any atom is 0.336 e. The summed E-state index contributed by atoms with van der Waals surface area (Å²) in [4.78, 5) is 26.8. The van der Waals surface area contributed by atoms with Crippen molar-refractivity contribution >= 4 is 11.8 Å². The molecule has 2 aromatic carbocycles. The molecule has 2 aromatic rings. The number of benzene rings is 2. The minimum atomic E-state index is -0.591. The molecule has 8 heteroatoms. The van der Waals surface area contributed by atoms with Crippen LogP contribution >= 0.6 is 0 Å². The Balaban J connectivity index is 1.78. The Kier molecular flexibility index (Phi) is 8.29. The van der Waals surface area contributed by atoms with Gasteiger partial charge >= 0.3 is 5.97 Å². The number of carbonyl (C=O) groups is 2. The highest BCUT2D eigenvalue weighted by atomic mass is 16.5. The zero-order chi connectivity index (χ0) is 27.4. The fraction of sp³-hybridized carbons (Fsp3) is 0.400. The fourth-order valence-electron chi connectivity index (χ4n) is 5.29. The molecule has 0 spiro atoms. The molecule has 2 aliphatic rings. The van der Waals surface area contributed by atoms with Gasteiger partial charge in [0.2, 0.25) is 0 Å². The zero-order valence-corrected chi connectivity index (χ0v) is 22.8. The molecule has 0 radical (unpaired) electrons. The minimum Gasteiger partial charge on any atom is -0.493 e. The molecule has 0 bridgehead atoms. The molecule has 4 rings (SSSR count). The summed E-state index contributed by atoms with van der Waals surface area (Å²) in [6.45, 7) is 4.42. The van der Waals surface area contributed by atoms with Crippen molar-refractivity contribution in [2.45, 2.75) is 44.9 Å². The minimum absolute atomic E-state index is 0.0253. The van der Waals surface area contributed by atoms with E-state index in [2.05, 4.69) is 5.32 Å². The number of rotatable bonds is 9. The van der Waals surface area contributed by atoms with Crippen molar-refractivity contribution in [2.75, 3.05) is 35.0 Å². The second kappa shape index (κ2) is 11.6. The van der Waals surface area contributed by atoms with Gasteiger partial charge in [-0.05, 0) is 61.1 Å². The quantitative estimate of drug-likeness (QED) is 0.459. The first-order chi connectivity index (χ1) is 18.4. The number of Topliss-reactive ketones (excluding diaryl/α,β-unsaturated/α-hetero) is 1. The molecule has 1 aliphatic carbocycles. The topological polar surface area (TPSA) is 92.3 Å². The highest BCUT2D eigenvalue weighted by Gasteiger charge is 2.41. The van der Waals surface area contributed by atoms with E-state index in [1.165, 1.54) is 7.11 Å². The number of ketones is 1. The first-order valence-electron chi connectivity index (χ1n) is 12.7. The summed E-state index contributed by atoms with van der Waals surface area (Å²) in [5.74, 6) is 1.27. The maximum atomic E-state index is 13.8. The SMILES string of the molecule is CCCOc1ccc([C@H]2C(C(=O)OC)=C(C)NC3=C2C(=O)C[C@H](c2ccc(OC)c(OC)c2)C3)cc1OC. The monoisotopic (exact) mass is 521 g/mol. The number of dihydropyridines is 1. The molecule has 1 N–H and O–H groups in total. The van der Waals surface area contributed by atoms with Crippen molar-refractivity contribution in [3.8, 4) is 23.0 Å². The molecule has 202 valence electrons. The van der Waals surface area contributed by atoms with Crippen molar-refractivity contribution < 1.29 is 33.3 Å². The molecule has 0 unspecified atom stereocenters. The van der Waals surface area contributed by atoms with Gasteiger partial charge in [-0.3, -0.25) is 4.79 Å². The van der Waals surface area contributed by atoms with Crippen molar-refractivity contribution in [2.24, 2.45) is 0 Å². The van der Waals surface area contributed by atoms with E-state index < -0.39 is 11.9 Å². The van der Waals surface area contributed by atoms with Gasteiger partial charge in [0.25, 0.3) is 0 Å². The van der Waals surface area contributed by atoms with E-state index in [1.54, 1.807) is 21.3 Å². The highest BCUT2D eigenvalue weighted by molar-refractivity contribution is 6.04. The lowest BCUT2D eigenvalue weighted by molar-refractivity contribution is -0.136. The van der Waals surface area contributed by atoms with Gasteiger partial charge in [-0.25, -0.2) is 4.79 Å². The summed E-state index contributed by atoms with van der Waals surface area (Å²) >= 11 is 0. The van der Waals surface area contributed by atoms with Crippen LogP contribution in [0.1, 0.15) is 56.1 Å². The highest BCUT2D eigenvalue weighted by Crippen LogP contribution is 2.47. The third-order valence-electron chi connectivity index (χ3n) is 7.09. The molecule has 2 atom stereocenters. The molecular weight excluding hydrogens is 486 g/mol. The summed E-state index contributed by atoms with van der Waals surface area (Å²) in [5, 5.41) is 3.36. The van der Waals surface area contributed by atoms with Gasteiger partial charge in [-0.15, -0.1) is 0 Å². The zero-order valence-electron chi connectivity index (χ0n) is 22.8. The third kappa shape index (κ3) is 5.08. The van der Waals surface area contributed by atoms with Crippen molar-refractivity contribution in [1.82, 2.24) is 5.32 Å². The van der Waals surface area contributed by atoms with E-state index in [0.717, 1.165) is 23.2 Å². The van der Waals surface area contributed by atoms with E-state index in [4.69, 9.17) is 23.7 Å². The second-order valence-electron chi connectivity index (χ2n) is 9.38. The first kappa shape index (κ1) is 27.1. The van der Waals surface area contributed by atoms with Gasteiger partial charge in [-0.2, -0.15) is 0 Å². The summed E-state index contributed by atoms with van der Waals surface area (Å²) in [7, 11) is 6.11. The number of ether oxygens (including phenoxy) is 5. The standard InChI is InChI=1S/C30H35NO7/c1-7-12-38-24-11-9-19(16-26(24)36-5)28-27(30(33)37-6)17(2)31-21-13-20(14-22(32)29(21)28)18-8-10-23(34-3)25(15-18)35-4/h8-11,15-16,20,28,31H,7,12-14H2,1-6H3/t20-,28+/m1/s1. The Hall–Kier alpha value is -3.94. The van der Waals surface area contributed by atoms with Gasteiger partial charge in [0, 0.05) is 29.3 Å². The number of carbonyl (C=O) groups excluding carboxylic acids is 2. The van der Waals surface area contributed by atoms with Crippen molar-refractivity contribution in [3.05, 3.63) is 70.1 Å². The number of methoxy groups -OCH3 is 4.